The number of rotatable bonds is 5. The minimum Gasteiger partial charge on any atom is -0.493 e. The molecule has 2 aromatic rings. The molecule has 6 heteroatoms. The third kappa shape index (κ3) is 3.17. The molecule has 0 unspecified atom stereocenters. The normalized spacial score (nSPS) is 10.8. The van der Waals surface area contributed by atoms with Crippen LogP contribution in [0.15, 0.2) is 22.7 Å². The van der Waals surface area contributed by atoms with Crippen LogP contribution in [-0.2, 0) is 5.88 Å². The summed E-state index contributed by atoms with van der Waals surface area (Å²) in [6.07, 6.45) is 0.0750. The summed E-state index contributed by atoms with van der Waals surface area (Å²) in [7, 11) is 1.59. The van der Waals surface area contributed by atoms with E-state index < -0.39 is 0 Å². The topological polar surface area (TPSA) is 57.4 Å². The van der Waals surface area contributed by atoms with Crippen molar-refractivity contribution < 1.29 is 14.0 Å². The standard InChI is InChI=1S/C13H15ClN2O3/c1-8(2)18-10-5-4-9(6-11(10)17-3)13-15-12(7-14)16-19-13/h4-6,8H,7H2,1-3H3. The van der Waals surface area contributed by atoms with Gasteiger partial charge >= 0.3 is 0 Å². The predicted octanol–water partition coefficient (Wildman–Crippen LogP) is 3.27. The second kappa shape index (κ2) is 5.93. The van der Waals surface area contributed by atoms with Crippen LogP contribution in [0.4, 0.5) is 0 Å². The van der Waals surface area contributed by atoms with Crippen LogP contribution >= 0.6 is 11.6 Å². The molecule has 0 N–H and O–H groups in total. The molecule has 19 heavy (non-hydrogen) atoms. The van der Waals surface area contributed by atoms with Crippen LogP contribution in [0.1, 0.15) is 19.7 Å². The summed E-state index contributed by atoms with van der Waals surface area (Å²) in [4.78, 5) is 4.16. The van der Waals surface area contributed by atoms with Gasteiger partial charge in [-0.15, -0.1) is 11.6 Å². The number of aromatic nitrogens is 2. The van der Waals surface area contributed by atoms with E-state index in [1.165, 1.54) is 0 Å². The van der Waals surface area contributed by atoms with Crippen molar-refractivity contribution in [2.24, 2.45) is 0 Å². The highest BCUT2D eigenvalue weighted by Crippen LogP contribution is 2.32. The predicted molar refractivity (Wildman–Crippen MR) is 71.6 cm³/mol. The van der Waals surface area contributed by atoms with Crippen molar-refractivity contribution in [3.63, 3.8) is 0 Å². The minimum absolute atomic E-state index is 0.0750. The summed E-state index contributed by atoms with van der Waals surface area (Å²) >= 11 is 5.64. The summed E-state index contributed by atoms with van der Waals surface area (Å²) in [5.41, 5.74) is 0.761. The van der Waals surface area contributed by atoms with Crippen LogP contribution in [0.25, 0.3) is 11.5 Å². The van der Waals surface area contributed by atoms with Crippen molar-refractivity contribution in [3.05, 3.63) is 24.0 Å². The van der Waals surface area contributed by atoms with E-state index in [2.05, 4.69) is 10.1 Å². The van der Waals surface area contributed by atoms with Crippen LogP contribution in [0, 0.1) is 0 Å². The summed E-state index contributed by atoms with van der Waals surface area (Å²) in [5.74, 6) is 2.38. The number of methoxy groups -OCH3 is 1. The van der Waals surface area contributed by atoms with Gasteiger partial charge in [0.2, 0.25) is 0 Å². The SMILES string of the molecule is COc1cc(-c2nc(CCl)no2)ccc1OC(C)C. The molecule has 0 fully saturated rings. The molecular weight excluding hydrogens is 268 g/mol. The lowest BCUT2D eigenvalue weighted by Gasteiger charge is -2.13. The van der Waals surface area contributed by atoms with Crippen molar-refractivity contribution in [1.82, 2.24) is 10.1 Å². The summed E-state index contributed by atoms with van der Waals surface area (Å²) in [5, 5.41) is 3.75. The Hall–Kier alpha value is -1.75. The summed E-state index contributed by atoms with van der Waals surface area (Å²) < 4.78 is 16.1. The molecule has 0 atom stereocenters. The van der Waals surface area contributed by atoms with Gasteiger partial charge in [-0.25, -0.2) is 0 Å². The molecule has 0 spiro atoms. The fourth-order valence-electron chi connectivity index (χ4n) is 1.58. The van der Waals surface area contributed by atoms with Crippen LogP contribution in [0.5, 0.6) is 11.5 Å². The minimum atomic E-state index is 0.0750. The van der Waals surface area contributed by atoms with Crippen LogP contribution in [0.3, 0.4) is 0 Å². The number of halogens is 1. The number of ether oxygens (including phenoxy) is 2. The van der Waals surface area contributed by atoms with Gasteiger partial charge in [0.05, 0.1) is 19.1 Å². The number of hydrogen-bond donors (Lipinski definition) is 0. The molecular formula is C13H15ClN2O3. The molecule has 0 aliphatic rings. The van der Waals surface area contributed by atoms with Gasteiger partial charge in [0.25, 0.3) is 5.89 Å². The van der Waals surface area contributed by atoms with Gasteiger partial charge in [0.1, 0.15) is 0 Å². The van der Waals surface area contributed by atoms with Gasteiger partial charge in [0, 0.05) is 5.56 Å². The number of nitrogens with zero attached hydrogens (tertiary/aromatic N) is 2. The molecule has 5 nitrogen and oxygen atoms in total. The molecule has 0 saturated carbocycles. The first kappa shape index (κ1) is 13.7. The molecule has 1 heterocycles. The third-order valence-corrected chi connectivity index (χ3v) is 2.60. The Bertz CT molecular complexity index is 555. The maximum Gasteiger partial charge on any atom is 0.258 e. The second-order valence-corrected chi connectivity index (χ2v) is 4.45. The van der Waals surface area contributed by atoms with Crippen molar-refractivity contribution in [2.45, 2.75) is 25.8 Å². The lowest BCUT2D eigenvalue weighted by atomic mass is 10.2. The smallest absolute Gasteiger partial charge is 0.258 e. The first-order valence-electron chi connectivity index (χ1n) is 5.87. The molecule has 1 aromatic carbocycles. The van der Waals surface area contributed by atoms with Gasteiger partial charge in [-0.3, -0.25) is 0 Å². The fraction of sp³-hybridized carbons (Fsp3) is 0.385. The lowest BCUT2D eigenvalue weighted by molar-refractivity contribution is 0.230. The molecule has 0 radical (unpaired) electrons. The Morgan fingerprint density at radius 1 is 1.32 bits per heavy atom. The van der Waals surface area contributed by atoms with Gasteiger partial charge in [0.15, 0.2) is 17.3 Å². The molecule has 0 aliphatic carbocycles. The maximum absolute atomic E-state index is 5.64. The van der Waals surface area contributed by atoms with Crippen LogP contribution in [0.2, 0.25) is 0 Å². The molecule has 1 aromatic heterocycles. The molecule has 0 bridgehead atoms. The van der Waals surface area contributed by atoms with Crippen molar-refractivity contribution >= 4 is 11.6 Å². The molecule has 0 aliphatic heterocycles. The third-order valence-electron chi connectivity index (χ3n) is 2.36. The van der Waals surface area contributed by atoms with Crippen molar-refractivity contribution in [1.29, 1.82) is 0 Å². The molecule has 0 saturated heterocycles. The van der Waals surface area contributed by atoms with E-state index in [4.69, 9.17) is 25.6 Å². The van der Waals surface area contributed by atoms with Crippen LogP contribution in [-0.4, -0.2) is 23.4 Å². The van der Waals surface area contributed by atoms with E-state index in [-0.39, 0.29) is 12.0 Å². The zero-order chi connectivity index (χ0) is 13.8. The largest absolute Gasteiger partial charge is 0.493 e. The van der Waals surface area contributed by atoms with Gasteiger partial charge < -0.3 is 14.0 Å². The van der Waals surface area contributed by atoms with E-state index >= 15 is 0 Å². The Kier molecular flexibility index (Phi) is 4.27. The fourth-order valence-corrected chi connectivity index (χ4v) is 1.69. The van der Waals surface area contributed by atoms with Crippen LogP contribution < -0.4 is 9.47 Å². The van der Waals surface area contributed by atoms with Gasteiger partial charge in [-0.1, -0.05) is 5.16 Å². The van der Waals surface area contributed by atoms with E-state index in [0.717, 1.165) is 5.56 Å². The highest BCUT2D eigenvalue weighted by Gasteiger charge is 2.13. The highest BCUT2D eigenvalue weighted by molar-refractivity contribution is 6.16. The van der Waals surface area contributed by atoms with E-state index in [1.54, 1.807) is 13.2 Å². The number of benzene rings is 1. The Morgan fingerprint density at radius 3 is 2.68 bits per heavy atom. The molecule has 2 rings (SSSR count). The second-order valence-electron chi connectivity index (χ2n) is 4.18. The van der Waals surface area contributed by atoms with Crippen molar-refractivity contribution in [3.8, 4) is 23.0 Å². The number of alkyl halides is 1. The highest BCUT2D eigenvalue weighted by atomic mass is 35.5. The average molecular weight is 283 g/mol. The average Bonchev–Trinajstić information content (AvgIpc) is 2.87. The number of hydrogen-bond acceptors (Lipinski definition) is 5. The lowest BCUT2D eigenvalue weighted by Crippen LogP contribution is -2.06. The maximum atomic E-state index is 5.64. The summed E-state index contributed by atoms with van der Waals surface area (Å²) in [6, 6.07) is 5.45. The van der Waals surface area contributed by atoms with Gasteiger partial charge in [-0.05, 0) is 32.0 Å². The first-order chi connectivity index (χ1) is 9.13. The Labute approximate surface area is 116 Å². The monoisotopic (exact) mass is 282 g/mol. The zero-order valence-corrected chi connectivity index (χ0v) is 11.8. The van der Waals surface area contributed by atoms with E-state index in [9.17, 15) is 0 Å². The van der Waals surface area contributed by atoms with E-state index in [0.29, 0.717) is 23.2 Å². The van der Waals surface area contributed by atoms with Crippen molar-refractivity contribution in [2.75, 3.05) is 7.11 Å². The molecule has 102 valence electrons. The van der Waals surface area contributed by atoms with E-state index in [1.807, 2.05) is 26.0 Å². The summed E-state index contributed by atoms with van der Waals surface area (Å²) in [6.45, 7) is 3.91. The first-order valence-corrected chi connectivity index (χ1v) is 6.41. The van der Waals surface area contributed by atoms with Gasteiger partial charge in [-0.2, -0.15) is 4.98 Å². The zero-order valence-electron chi connectivity index (χ0n) is 11.0. The Balaban J connectivity index is 2.32. The Morgan fingerprint density at radius 2 is 2.11 bits per heavy atom. The quantitative estimate of drug-likeness (QED) is 0.788. The molecule has 0 amide bonds.